The Bertz CT molecular complexity index is 1540. The maximum Gasteiger partial charge on any atom is 0.337 e. The van der Waals surface area contributed by atoms with E-state index in [9.17, 15) is 9.90 Å². The molecule has 0 saturated heterocycles. The average Bonchev–Trinajstić information content (AvgIpc) is 3.32. The Morgan fingerprint density at radius 3 is 2.69 bits per heavy atom. The summed E-state index contributed by atoms with van der Waals surface area (Å²) in [7, 11) is 0. The van der Waals surface area contributed by atoms with Crippen molar-refractivity contribution in [1.82, 2.24) is 4.98 Å². The number of carbonyl (C=O) groups is 1. The fourth-order valence-electron chi connectivity index (χ4n) is 5.62. The molecule has 0 fully saturated rings. The zero-order valence-corrected chi connectivity index (χ0v) is 21.0. The van der Waals surface area contributed by atoms with Crippen molar-refractivity contribution < 1.29 is 24.1 Å². The first-order chi connectivity index (χ1) is 17.2. The number of hydrogen-bond acceptors (Lipinski definition) is 5. The minimum Gasteiger partial charge on any atom is -0.493 e. The van der Waals surface area contributed by atoms with E-state index in [2.05, 4.69) is 18.2 Å². The second kappa shape index (κ2) is 8.29. The van der Waals surface area contributed by atoms with Crippen LogP contribution in [0.5, 0.6) is 5.75 Å². The minimum atomic E-state index is -1.14. The second-order valence-corrected chi connectivity index (χ2v) is 10.6. The third-order valence-electron chi connectivity index (χ3n) is 7.08. The van der Waals surface area contributed by atoms with Crippen LogP contribution in [-0.4, -0.2) is 28.3 Å². The molecular formula is C30H29NO5. The molecule has 1 atom stereocenters. The predicted molar refractivity (Wildman–Crippen MR) is 138 cm³/mol. The van der Waals surface area contributed by atoms with Crippen molar-refractivity contribution in [2.75, 3.05) is 6.61 Å². The van der Waals surface area contributed by atoms with Crippen LogP contribution < -0.4 is 4.74 Å². The molecule has 4 aromatic rings. The lowest BCUT2D eigenvalue weighted by Crippen LogP contribution is -2.28. The van der Waals surface area contributed by atoms with Crippen molar-refractivity contribution in [3.05, 3.63) is 70.4 Å². The van der Waals surface area contributed by atoms with Gasteiger partial charge < -0.3 is 19.3 Å². The number of aryl methyl sites for hydroxylation is 1. The molecule has 3 aromatic carbocycles. The maximum absolute atomic E-state index is 12.7. The standard InChI is InChI=1S/C30H29NO5/c1-16-13-21-19(6-5-18-14-34-15-22(18)21)26(24(16)28(29(32)33)36-30(2,3)4)20-7-8-23-25-17(10-12-35-23)9-11-31-27(20)25/h5-9,11,13,28H,10,12,14-15H2,1-4H3,(H,32,33). The van der Waals surface area contributed by atoms with E-state index in [0.717, 1.165) is 56.1 Å². The van der Waals surface area contributed by atoms with Crippen LogP contribution in [0.2, 0.25) is 0 Å². The van der Waals surface area contributed by atoms with Crippen molar-refractivity contribution in [3.8, 4) is 16.9 Å². The Morgan fingerprint density at radius 1 is 1.08 bits per heavy atom. The zero-order chi connectivity index (χ0) is 25.2. The molecule has 36 heavy (non-hydrogen) atoms. The molecule has 1 N–H and O–H groups in total. The van der Waals surface area contributed by atoms with E-state index in [0.29, 0.717) is 25.4 Å². The number of carboxylic acids is 1. The number of nitrogens with zero attached hydrogens (tertiary/aromatic N) is 1. The summed E-state index contributed by atoms with van der Waals surface area (Å²) in [6.07, 6.45) is 1.50. The highest BCUT2D eigenvalue weighted by Gasteiger charge is 2.33. The Morgan fingerprint density at radius 2 is 1.92 bits per heavy atom. The summed E-state index contributed by atoms with van der Waals surface area (Å²) in [6.45, 7) is 9.38. The van der Waals surface area contributed by atoms with Crippen molar-refractivity contribution in [3.63, 3.8) is 0 Å². The van der Waals surface area contributed by atoms with Crippen molar-refractivity contribution in [2.45, 2.75) is 59.0 Å². The van der Waals surface area contributed by atoms with Gasteiger partial charge in [-0.15, -0.1) is 0 Å². The number of benzene rings is 3. The fraction of sp³-hybridized carbons (Fsp3) is 0.333. The van der Waals surface area contributed by atoms with Gasteiger partial charge in [0.2, 0.25) is 0 Å². The smallest absolute Gasteiger partial charge is 0.337 e. The van der Waals surface area contributed by atoms with Crippen molar-refractivity contribution in [2.24, 2.45) is 0 Å². The normalized spacial score (nSPS) is 15.7. The minimum absolute atomic E-state index is 0.543. The van der Waals surface area contributed by atoms with Crippen LogP contribution in [0.1, 0.15) is 54.7 Å². The van der Waals surface area contributed by atoms with Gasteiger partial charge in [-0.2, -0.15) is 0 Å². The summed E-state index contributed by atoms with van der Waals surface area (Å²) < 4.78 is 17.9. The Hall–Kier alpha value is -3.48. The van der Waals surface area contributed by atoms with Gasteiger partial charge in [-0.05, 0) is 84.5 Å². The summed E-state index contributed by atoms with van der Waals surface area (Å²) in [5.41, 5.74) is 6.93. The molecule has 0 radical (unpaired) electrons. The van der Waals surface area contributed by atoms with Crippen molar-refractivity contribution >= 4 is 27.6 Å². The number of pyridine rings is 1. The number of rotatable bonds is 4. The zero-order valence-electron chi connectivity index (χ0n) is 21.0. The molecule has 0 bridgehead atoms. The van der Waals surface area contributed by atoms with Gasteiger partial charge in [0.05, 0.1) is 30.9 Å². The topological polar surface area (TPSA) is 77.9 Å². The second-order valence-electron chi connectivity index (χ2n) is 10.6. The van der Waals surface area contributed by atoms with E-state index in [1.807, 2.05) is 52.1 Å². The van der Waals surface area contributed by atoms with Crippen molar-refractivity contribution in [1.29, 1.82) is 0 Å². The average molecular weight is 484 g/mol. The van der Waals surface area contributed by atoms with Crippen LogP contribution in [0.4, 0.5) is 0 Å². The number of fused-ring (bicyclic) bond motifs is 3. The van der Waals surface area contributed by atoms with Gasteiger partial charge in [0.1, 0.15) is 5.75 Å². The molecule has 0 amide bonds. The Kier molecular flexibility index (Phi) is 5.28. The lowest BCUT2D eigenvalue weighted by atomic mass is 9.84. The highest BCUT2D eigenvalue weighted by Crippen LogP contribution is 2.46. The molecule has 6 heteroatoms. The largest absolute Gasteiger partial charge is 0.493 e. The monoisotopic (exact) mass is 483 g/mol. The fourth-order valence-corrected chi connectivity index (χ4v) is 5.62. The van der Waals surface area contributed by atoms with Gasteiger partial charge in [0.15, 0.2) is 6.10 Å². The molecule has 6 nitrogen and oxygen atoms in total. The van der Waals surface area contributed by atoms with Gasteiger partial charge in [-0.1, -0.05) is 18.2 Å². The van der Waals surface area contributed by atoms with Crippen LogP contribution in [0, 0.1) is 6.92 Å². The van der Waals surface area contributed by atoms with E-state index >= 15 is 0 Å². The lowest BCUT2D eigenvalue weighted by Gasteiger charge is -2.29. The third kappa shape index (κ3) is 3.64. The van der Waals surface area contributed by atoms with Gasteiger partial charge >= 0.3 is 5.97 Å². The predicted octanol–water partition coefficient (Wildman–Crippen LogP) is 6.27. The third-order valence-corrected chi connectivity index (χ3v) is 7.08. The van der Waals surface area contributed by atoms with E-state index in [4.69, 9.17) is 19.2 Å². The van der Waals surface area contributed by atoms with Crippen LogP contribution >= 0.6 is 0 Å². The van der Waals surface area contributed by atoms with Crippen LogP contribution in [0.15, 0.2) is 42.6 Å². The lowest BCUT2D eigenvalue weighted by molar-refractivity contribution is -0.160. The van der Waals surface area contributed by atoms with E-state index in [-0.39, 0.29) is 0 Å². The van der Waals surface area contributed by atoms with Gasteiger partial charge in [-0.3, -0.25) is 4.98 Å². The quantitative estimate of drug-likeness (QED) is 0.369. The number of aliphatic carboxylic acids is 1. The number of aromatic nitrogens is 1. The first kappa shape index (κ1) is 23.0. The summed E-state index contributed by atoms with van der Waals surface area (Å²) in [5, 5.41) is 13.4. The summed E-state index contributed by atoms with van der Waals surface area (Å²) in [5.74, 6) is -0.200. The van der Waals surface area contributed by atoms with E-state index < -0.39 is 17.7 Å². The van der Waals surface area contributed by atoms with Gasteiger partial charge in [0.25, 0.3) is 0 Å². The first-order valence-corrected chi connectivity index (χ1v) is 12.3. The van der Waals surface area contributed by atoms with E-state index in [1.54, 1.807) is 0 Å². The molecule has 1 aromatic heterocycles. The Balaban J connectivity index is 1.75. The van der Waals surface area contributed by atoms with E-state index in [1.165, 1.54) is 11.1 Å². The molecular weight excluding hydrogens is 454 g/mol. The molecule has 6 rings (SSSR count). The maximum atomic E-state index is 12.7. The molecule has 2 aliphatic rings. The summed E-state index contributed by atoms with van der Waals surface area (Å²) >= 11 is 0. The summed E-state index contributed by atoms with van der Waals surface area (Å²) in [4.78, 5) is 17.5. The van der Waals surface area contributed by atoms with Gasteiger partial charge in [0, 0.05) is 29.1 Å². The van der Waals surface area contributed by atoms with Crippen LogP contribution in [-0.2, 0) is 33.9 Å². The molecule has 1 unspecified atom stereocenters. The molecule has 3 heterocycles. The molecule has 0 spiro atoms. The number of ether oxygens (including phenoxy) is 3. The summed E-state index contributed by atoms with van der Waals surface area (Å²) in [6, 6.07) is 12.3. The molecule has 184 valence electrons. The highest BCUT2D eigenvalue weighted by atomic mass is 16.5. The molecule has 0 aliphatic carbocycles. The van der Waals surface area contributed by atoms with Crippen LogP contribution in [0.25, 0.3) is 32.8 Å². The van der Waals surface area contributed by atoms with Gasteiger partial charge in [-0.25, -0.2) is 4.79 Å². The highest BCUT2D eigenvalue weighted by molar-refractivity contribution is 6.09. The SMILES string of the molecule is Cc1cc2c3c(ccc2c(-c2ccc4c5c(ccnc25)CCO4)c1C(OC(C)(C)C)C(=O)O)COC3. The first-order valence-electron chi connectivity index (χ1n) is 12.3. The number of hydrogen-bond donors (Lipinski definition) is 1. The molecule has 2 aliphatic heterocycles. The van der Waals surface area contributed by atoms with Crippen LogP contribution in [0.3, 0.4) is 0 Å². The Labute approximate surface area is 209 Å². The molecule has 0 saturated carbocycles. The number of carboxylic acid groups (broad SMARTS) is 1.